The maximum Gasteiger partial charge on any atom is 0.251 e. The highest BCUT2D eigenvalue weighted by molar-refractivity contribution is 5.80. The van der Waals surface area contributed by atoms with Crippen LogP contribution in [0.15, 0.2) is 0 Å². The van der Waals surface area contributed by atoms with Crippen LogP contribution in [0.3, 0.4) is 0 Å². The Morgan fingerprint density at radius 3 is 2.44 bits per heavy atom. The highest BCUT2D eigenvalue weighted by Crippen LogP contribution is 2.26. The van der Waals surface area contributed by atoms with E-state index in [1.165, 1.54) is 12.8 Å². The van der Waals surface area contributed by atoms with Crippen molar-refractivity contribution in [3.05, 3.63) is 0 Å². The summed E-state index contributed by atoms with van der Waals surface area (Å²) in [6.07, 6.45) is 4.47. The Hall–Kier alpha value is -0.570. The fraction of sp³-hybridized carbons (Fsp3) is 0.923. The van der Waals surface area contributed by atoms with Gasteiger partial charge in [-0.25, -0.2) is 0 Å². The summed E-state index contributed by atoms with van der Waals surface area (Å²) in [7, 11) is 1.92. The predicted molar refractivity (Wildman–Crippen MR) is 65.3 cm³/mol. The molecule has 1 atom stereocenters. The van der Waals surface area contributed by atoms with Crippen LogP contribution in [0.25, 0.3) is 0 Å². The molecule has 0 N–H and O–H groups in total. The van der Waals surface area contributed by atoms with Gasteiger partial charge < -0.3 is 9.64 Å². The third kappa shape index (κ3) is 3.48. The second-order valence-electron chi connectivity index (χ2n) is 4.96. The van der Waals surface area contributed by atoms with Gasteiger partial charge in [-0.3, -0.25) is 4.79 Å². The Bertz CT molecular complexity index is 222. The van der Waals surface area contributed by atoms with E-state index in [4.69, 9.17) is 4.74 Å². The molecule has 0 aromatic rings. The molecule has 0 aromatic carbocycles. The molecule has 1 unspecified atom stereocenters. The Labute approximate surface area is 99.1 Å². The summed E-state index contributed by atoms with van der Waals surface area (Å²) in [5.41, 5.74) is 0. The average molecular weight is 227 g/mol. The van der Waals surface area contributed by atoms with Gasteiger partial charge in [0, 0.05) is 19.7 Å². The number of ether oxygens (including phenoxy) is 1. The fourth-order valence-corrected chi connectivity index (χ4v) is 2.42. The van der Waals surface area contributed by atoms with Gasteiger partial charge in [-0.2, -0.15) is 0 Å². The van der Waals surface area contributed by atoms with E-state index in [0.717, 1.165) is 18.8 Å². The smallest absolute Gasteiger partial charge is 0.251 e. The molecule has 94 valence electrons. The number of hydrogen-bond acceptors (Lipinski definition) is 2. The number of amides is 1. The summed E-state index contributed by atoms with van der Waals surface area (Å²) >= 11 is 0. The molecule has 0 aliphatic heterocycles. The van der Waals surface area contributed by atoms with Crippen LogP contribution in [0.1, 0.15) is 46.5 Å². The summed E-state index contributed by atoms with van der Waals surface area (Å²) in [5, 5.41) is 0. The van der Waals surface area contributed by atoms with Crippen molar-refractivity contribution < 1.29 is 9.53 Å². The molecule has 0 bridgehead atoms. The lowest BCUT2D eigenvalue weighted by Gasteiger charge is -2.34. The zero-order chi connectivity index (χ0) is 12.1. The van der Waals surface area contributed by atoms with Gasteiger partial charge in [0.25, 0.3) is 5.91 Å². The first-order valence-electron chi connectivity index (χ1n) is 6.44. The van der Waals surface area contributed by atoms with Crippen LogP contribution in [-0.2, 0) is 9.53 Å². The second-order valence-corrected chi connectivity index (χ2v) is 4.96. The maximum atomic E-state index is 12.0. The van der Waals surface area contributed by atoms with Crippen LogP contribution in [0.4, 0.5) is 0 Å². The molecule has 1 aliphatic rings. The van der Waals surface area contributed by atoms with E-state index in [2.05, 4.69) is 6.92 Å². The number of likely N-dealkylation sites (N-methyl/N-ethyl adjacent to an activating group) is 1. The topological polar surface area (TPSA) is 29.5 Å². The molecule has 1 amide bonds. The lowest BCUT2D eigenvalue weighted by Crippen LogP contribution is -2.44. The molecular formula is C13H25NO2. The van der Waals surface area contributed by atoms with Crippen LogP contribution in [-0.4, -0.2) is 36.6 Å². The van der Waals surface area contributed by atoms with Gasteiger partial charge in [-0.15, -0.1) is 0 Å². The SMILES string of the molecule is CCOC(C)C(=O)N(C)C1CCC(C)CC1. The number of nitrogens with zero attached hydrogens (tertiary/aromatic N) is 1. The Kier molecular flexibility index (Phi) is 5.26. The van der Waals surface area contributed by atoms with Gasteiger partial charge >= 0.3 is 0 Å². The average Bonchev–Trinajstić information content (AvgIpc) is 2.28. The number of hydrogen-bond donors (Lipinski definition) is 0. The summed E-state index contributed by atoms with van der Waals surface area (Å²) in [6, 6.07) is 0.423. The van der Waals surface area contributed by atoms with Crippen LogP contribution in [0, 0.1) is 5.92 Å². The van der Waals surface area contributed by atoms with E-state index in [9.17, 15) is 4.79 Å². The number of rotatable bonds is 4. The zero-order valence-electron chi connectivity index (χ0n) is 11.0. The monoisotopic (exact) mass is 227 g/mol. The van der Waals surface area contributed by atoms with E-state index in [-0.39, 0.29) is 12.0 Å². The summed E-state index contributed by atoms with van der Waals surface area (Å²) in [4.78, 5) is 13.9. The van der Waals surface area contributed by atoms with E-state index < -0.39 is 0 Å². The van der Waals surface area contributed by atoms with Gasteiger partial charge in [0.05, 0.1) is 0 Å². The van der Waals surface area contributed by atoms with Gasteiger partial charge in [0.2, 0.25) is 0 Å². The minimum absolute atomic E-state index is 0.126. The number of carbonyl (C=O) groups is 1. The van der Waals surface area contributed by atoms with Crippen molar-refractivity contribution in [1.29, 1.82) is 0 Å². The highest BCUT2D eigenvalue weighted by atomic mass is 16.5. The van der Waals surface area contributed by atoms with E-state index in [1.807, 2.05) is 25.8 Å². The molecule has 1 saturated carbocycles. The van der Waals surface area contributed by atoms with Crippen molar-refractivity contribution in [1.82, 2.24) is 4.90 Å². The first kappa shape index (κ1) is 13.5. The quantitative estimate of drug-likeness (QED) is 0.738. The van der Waals surface area contributed by atoms with Crippen molar-refractivity contribution in [3.63, 3.8) is 0 Å². The summed E-state index contributed by atoms with van der Waals surface area (Å²) < 4.78 is 5.35. The summed E-state index contributed by atoms with van der Waals surface area (Å²) in [6.45, 7) is 6.66. The molecular weight excluding hydrogens is 202 g/mol. The minimum atomic E-state index is -0.297. The van der Waals surface area contributed by atoms with Crippen molar-refractivity contribution in [2.24, 2.45) is 5.92 Å². The predicted octanol–water partition coefficient (Wildman–Crippen LogP) is 2.45. The van der Waals surface area contributed by atoms with Crippen molar-refractivity contribution in [3.8, 4) is 0 Å². The van der Waals surface area contributed by atoms with Gasteiger partial charge in [-0.05, 0) is 45.4 Å². The molecule has 1 fully saturated rings. The first-order valence-corrected chi connectivity index (χ1v) is 6.44. The molecule has 0 radical (unpaired) electrons. The van der Waals surface area contributed by atoms with Crippen LogP contribution >= 0.6 is 0 Å². The molecule has 0 saturated heterocycles. The molecule has 0 spiro atoms. The highest BCUT2D eigenvalue weighted by Gasteiger charge is 2.27. The normalized spacial score (nSPS) is 27.5. The second kappa shape index (κ2) is 6.24. The van der Waals surface area contributed by atoms with E-state index in [1.54, 1.807) is 0 Å². The van der Waals surface area contributed by atoms with Crippen LogP contribution in [0.5, 0.6) is 0 Å². The Morgan fingerprint density at radius 2 is 1.94 bits per heavy atom. The van der Waals surface area contributed by atoms with E-state index in [0.29, 0.717) is 12.6 Å². The minimum Gasteiger partial charge on any atom is -0.369 e. The van der Waals surface area contributed by atoms with Gasteiger partial charge in [-0.1, -0.05) is 6.92 Å². The summed E-state index contributed by atoms with van der Waals surface area (Å²) in [5.74, 6) is 0.950. The lowest BCUT2D eigenvalue weighted by atomic mass is 9.86. The maximum absolute atomic E-state index is 12.0. The third-order valence-electron chi connectivity index (χ3n) is 3.65. The van der Waals surface area contributed by atoms with Crippen molar-refractivity contribution in [2.45, 2.75) is 58.6 Å². The molecule has 1 aliphatic carbocycles. The number of carbonyl (C=O) groups excluding carboxylic acids is 1. The standard InChI is InChI=1S/C13H25NO2/c1-5-16-11(3)13(15)14(4)12-8-6-10(2)7-9-12/h10-12H,5-9H2,1-4H3. The molecule has 3 nitrogen and oxygen atoms in total. The zero-order valence-corrected chi connectivity index (χ0v) is 11.0. The van der Waals surface area contributed by atoms with Gasteiger partial charge in [0.1, 0.15) is 6.10 Å². The largest absolute Gasteiger partial charge is 0.369 e. The Morgan fingerprint density at radius 1 is 1.38 bits per heavy atom. The first-order chi connectivity index (χ1) is 7.56. The third-order valence-corrected chi connectivity index (χ3v) is 3.65. The molecule has 16 heavy (non-hydrogen) atoms. The molecule has 1 rings (SSSR count). The molecule has 0 heterocycles. The fourth-order valence-electron chi connectivity index (χ4n) is 2.42. The lowest BCUT2D eigenvalue weighted by molar-refractivity contribution is -0.143. The van der Waals surface area contributed by atoms with Crippen molar-refractivity contribution >= 4 is 5.91 Å². The van der Waals surface area contributed by atoms with E-state index >= 15 is 0 Å². The van der Waals surface area contributed by atoms with Crippen LogP contribution in [0.2, 0.25) is 0 Å². The Balaban J connectivity index is 2.44. The van der Waals surface area contributed by atoms with Crippen molar-refractivity contribution in [2.75, 3.05) is 13.7 Å². The van der Waals surface area contributed by atoms with Crippen LogP contribution < -0.4 is 0 Å². The molecule has 3 heteroatoms. The molecule has 0 aromatic heterocycles. The van der Waals surface area contributed by atoms with Gasteiger partial charge in [0.15, 0.2) is 0 Å².